The van der Waals surface area contributed by atoms with Gasteiger partial charge in [0.05, 0.1) is 5.02 Å². The van der Waals surface area contributed by atoms with Crippen LogP contribution in [-0.4, -0.2) is 15.3 Å². The summed E-state index contributed by atoms with van der Waals surface area (Å²) in [5, 5.41) is 28.2. The first-order valence-corrected chi connectivity index (χ1v) is 4.56. The molecule has 0 unspecified atom stereocenters. The van der Waals surface area contributed by atoms with Gasteiger partial charge in [-0.05, 0) is 12.8 Å². The highest BCUT2D eigenvalue weighted by molar-refractivity contribution is 6.33. The molecule has 4 nitrogen and oxygen atoms in total. The van der Waals surface area contributed by atoms with E-state index in [9.17, 15) is 15.3 Å². The lowest BCUT2D eigenvalue weighted by molar-refractivity contribution is 0.387. The van der Waals surface area contributed by atoms with Gasteiger partial charge in [-0.2, -0.15) is 0 Å². The molecule has 1 aromatic carbocycles. The van der Waals surface area contributed by atoms with Crippen LogP contribution in [0.15, 0.2) is 6.07 Å². The first-order valence-electron chi connectivity index (χ1n) is 4.18. The van der Waals surface area contributed by atoms with Gasteiger partial charge in [0.25, 0.3) is 0 Å². The lowest BCUT2D eigenvalue weighted by atomic mass is 10.0. The summed E-state index contributed by atoms with van der Waals surface area (Å²) >= 11 is 5.79. The Labute approximate surface area is 85.5 Å². The van der Waals surface area contributed by atoms with E-state index in [1.807, 2.05) is 0 Å². The van der Waals surface area contributed by atoms with E-state index in [0.29, 0.717) is 12.8 Å². The summed E-state index contributed by atoms with van der Waals surface area (Å²) in [6.45, 7) is 0. The van der Waals surface area contributed by atoms with Crippen LogP contribution in [0, 0.1) is 0 Å². The Morgan fingerprint density at radius 2 is 1.79 bits per heavy atom. The van der Waals surface area contributed by atoms with Crippen LogP contribution in [0.5, 0.6) is 17.2 Å². The number of hydrogen-bond acceptors (Lipinski definition) is 4. The summed E-state index contributed by atoms with van der Waals surface area (Å²) < 4.78 is 0. The topological polar surface area (TPSA) is 86.7 Å². The number of phenolic OH excluding ortho intramolecular Hbond substituents is 3. The fourth-order valence-corrected chi connectivity index (χ4v) is 1.79. The molecule has 1 aromatic rings. The Kier molecular flexibility index (Phi) is 1.81. The van der Waals surface area contributed by atoms with Gasteiger partial charge in [-0.3, -0.25) is 0 Å². The summed E-state index contributed by atoms with van der Waals surface area (Å²) in [6.07, 6.45) is 1.37. The van der Waals surface area contributed by atoms with Crippen LogP contribution in [0.3, 0.4) is 0 Å². The first kappa shape index (κ1) is 9.43. The molecule has 0 amide bonds. The van der Waals surface area contributed by atoms with E-state index < -0.39 is 11.3 Å². The first-order chi connectivity index (χ1) is 6.46. The van der Waals surface area contributed by atoms with Crippen molar-refractivity contribution < 1.29 is 15.3 Å². The summed E-state index contributed by atoms with van der Waals surface area (Å²) in [7, 11) is 0. The molecule has 14 heavy (non-hydrogen) atoms. The monoisotopic (exact) mass is 215 g/mol. The van der Waals surface area contributed by atoms with E-state index in [1.54, 1.807) is 0 Å². The lowest BCUT2D eigenvalue weighted by Gasteiger charge is -2.15. The molecule has 0 saturated heterocycles. The highest BCUT2D eigenvalue weighted by Gasteiger charge is 2.45. The second-order valence-corrected chi connectivity index (χ2v) is 3.99. The average Bonchev–Trinajstić information content (AvgIpc) is 2.81. The number of halogens is 1. The van der Waals surface area contributed by atoms with E-state index in [2.05, 4.69) is 0 Å². The Morgan fingerprint density at radius 1 is 1.21 bits per heavy atom. The van der Waals surface area contributed by atoms with Crippen LogP contribution in [0.2, 0.25) is 5.02 Å². The van der Waals surface area contributed by atoms with Crippen molar-refractivity contribution in [1.82, 2.24) is 0 Å². The molecule has 1 aliphatic carbocycles. The number of nitrogens with two attached hydrogens (primary N) is 1. The maximum absolute atomic E-state index is 9.55. The summed E-state index contributed by atoms with van der Waals surface area (Å²) in [4.78, 5) is 0. The zero-order valence-electron chi connectivity index (χ0n) is 7.29. The fraction of sp³-hybridized carbons (Fsp3) is 0.333. The molecule has 1 aliphatic rings. The highest BCUT2D eigenvalue weighted by Crippen LogP contribution is 2.53. The third-order valence-electron chi connectivity index (χ3n) is 2.48. The molecule has 5 heteroatoms. The lowest BCUT2D eigenvalue weighted by Crippen LogP contribution is -2.19. The van der Waals surface area contributed by atoms with Gasteiger partial charge < -0.3 is 21.1 Å². The molecule has 5 N–H and O–H groups in total. The molecule has 0 bridgehead atoms. The molecule has 0 aromatic heterocycles. The minimum absolute atomic E-state index is 0.0142. The van der Waals surface area contributed by atoms with Gasteiger partial charge in [-0.15, -0.1) is 0 Å². The Morgan fingerprint density at radius 3 is 2.29 bits per heavy atom. The number of hydrogen-bond donors (Lipinski definition) is 4. The Balaban J connectivity index is 2.68. The third-order valence-corrected chi connectivity index (χ3v) is 2.87. The van der Waals surface area contributed by atoms with Crippen molar-refractivity contribution in [2.24, 2.45) is 5.73 Å². The predicted octanol–water partition coefficient (Wildman–Crippen LogP) is 1.40. The molecule has 0 heterocycles. The second kappa shape index (κ2) is 2.68. The maximum atomic E-state index is 9.55. The quantitative estimate of drug-likeness (QED) is 0.421. The maximum Gasteiger partial charge on any atom is 0.164 e. The third kappa shape index (κ3) is 1.19. The highest BCUT2D eigenvalue weighted by atomic mass is 35.5. The van der Waals surface area contributed by atoms with E-state index in [-0.39, 0.29) is 22.1 Å². The van der Waals surface area contributed by atoms with Crippen LogP contribution < -0.4 is 5.73 Å². The Bertz CT molecular complexity index is 375. The van der Waals surface area contributed by atoms with Gasteiger partial charge in [0.2, 0.25) is 0 Å². The summed E-state index contributed by atoms with van der Waals surface area (Å²) in [5.74, 6) is -1.01. The van der Waals surface area contributed by atoms with E-state index in [0.717, 1.165) is 6.07 Å². The van der Waals surface area contributed by atoms with Gasteiger partial charge in [0, 0.05) is 17.2 Å². The minimum atomic E-state index is -0.697. The molecule has 0 radical (unpaired) electrons. The molecule has 1 saturated carbocycles. The van der Waals surface area contributed by atoms with Crippen LogP contribution in [-0.2, 0) is 5.54 Å². The van der Waals surface area contributed by atoms with Crippen molar-refractivity contribution in [3.63, 3.8) is 0 Å². The summed E-state index contributed by atoms with van der Waals surface area (Å²) in [5.41, 5.74) is 5.38. The smallest absolute Gasteiger partial charge is 0.164 e. The van der Waals surface area contributed by atoms with Crippen LogP contribution >= 0.6 is 11.6 Å². The fourth-order valence-electron chi connectivity index (χ4n) is 1.46. The van der Waals surface area contributed by atoms with Crippen molar-refractivity contribution in [3.05, 3.63) is 16.7 Å². The van der Waals surface area contributed by atoms with Gasteiger partial charge in [-0.1, -0.05) is 11.6 Å². The number of aromatic hydroxyl groups is 3. The van der Waals surface area contributed by atoms with Crippen molar-refractivity contribution in [1.29, 1.82) is 0 Å². The van der Waals surface area contributed by atoms with Gasteiger partial charge in [0.1, 0.15) is 5.75 Å². The molecule has 0 atom stereocenters. The zero-order chi connectivity index (χ0) is 10.5. The van der Waals surface area contributed by atoms with E-state index in [4.69, 9.17) is 17.3 Å². The molecule has 0 spiro atoms. The van der Waals surface area contributed by atoms with Gasteiger partial charge >= 0.3 is 0 Å². The van der Waals surface area contributed by atoms with Crippen molar-refractivity contribution in [3.8, 4) is 17.2 Å². The molecule has 1 fully saturated rings. The molecular weight excluding hydrogens is 206 g/mol. The Hall–Kier alpha value is -1.13. The van der Waals surface area contributed by atoms with Crippen LogP contribution in [0.25, 0.3) is 0 Å². The predicted molar refractivity (Wildman–Crippen MR) is 51.5 cm³/mol. The number of rotatable bonds is 1. The standard InChI is InChI=1S/C9H10ClNO3/c10-7-4(12)3-5(13)8(14)6(7)9(11)1-2-9/h3,12-14H,1-2,11H2. The molecular formula is C9H10ClNO3. The van der Waals surface area contributed by atoms with Gasteiger partial charge in [-0.25, -0.2) is 0 Å². The van der Waals surface area contributed by atoms with Crippen molar-refractivity contribution in [2.75, 3.05) is 0 Å². The van der Waals surface area contributed by atoms with E-state index >= 15 is 0 Å². The number of benzene rings is 1. The molecule has 76 valence electrons. The average molecular weight is 216 g/mol. The largest absolute Gasteiger partial charge is 0.506 e. The normalized spacial score (nSPS) is 18.1. The molecule has 2 rings (SSSR count). The van der Waals surface area contributed by atoms with Crippen molar-refractivity contribution in [2.45, 2.75) is 18.4 Å². The second-order valence-electron chi connectivity index (χ2n) is 3.61. The van der Waals surface area contributed by atoms with Gasteiger partial charge in [0.15, 0.2) is 11.5 Å². The zero-order valence-corrected chi connectivity index (χ0v) is 8.04. The number of phenols is 3. The minimum Gasteiger partial charge on any atom is -0.506 e. The van der Waals surface area contributed by atoms with Crippen LogP contribution in [0.1, 0.15) is 18.4 Å². The summed E-state index contributed by atoms with van der Waals surface area (Å²) in [6, 6.07) is 0.993. The SMILES string of the molecule is NC1(c2c(O)c(O)cc(O)c2Cl)CC1. The van der Waals surface area contributed by atoms with Crippen LogP contribution in [0.4, 0.5) is 0 Å². The van der Waals surface area contributed by atoms with Crippen molar-refractivity contribution >= 4 is 11.6 Å². The molecule has 0 aliphatic heterocycles. The van der Waals surface area contributed by atoms with E-state index in [1.165, 1.54) is 0 Å².